The molecule has 4 aromatic rings. The van der Waals surface area contributed by atoms with E-state index in [4.69, 9.17) is 0 Å². The second-order valence-corrected chi connectivity index (χ2v) is 8.07. The molecule has 0 fully saturated rings. The van der Waals surface area contributed by atoms with Crippen LogP contribution in [0.15, 0.2) is 60.8 Å². The van der Waals surface area contributed by atoms with Gasteiger partial charge in [-0.1, -0.05) is 54.7 Å². The quantitative estimate of drug-likeness (QED) is 0.444. The van der Waals surface area contributed by atoms with Gasteiger partial charge in [0.2, 0.25) is 5.91 Å². The van der Waals surface area contributed by atoms with Crippen LogP contribution in [0.2, 0.25) is 0 Å². The summed E-state index contributed by atoms with van der Waals surface area (Å²) in [7, 11) is 0. The van der Waals surface area contributed by atoms with Crippen molar-refractivity contribution in [1.82, 2.24) is 9.97 Å². The van der Waals surface area contributed by atoms with Gasteiger partial charge in [0.05, 0.1) is 0 Å². The average molecular weight is 402 g/mol. The molecule has 2 heterocycles. The molecule has 5 heteroatoms. The molecule has 0 radical (unpaired) electrons. The normalized spacial score (nSPS) is 11.0. The molecule has 2 aromatic heterocycles. The summed E-state index contributed by atoms with van der Waals surface area (Å²) in [6.07, 6.45) is 4.00. The number of anilines is 1. The minimum Gasteiger partial charge on any atom is -0.326 e. The first-order valence-corrected chi connectivity index (χ1v) is 10.6. The fourth-order valence-electron chi connectivity index (χ4n) is 3.20. The van der Waals surface area contributed by atoms with E-state index in [0.29, 0.717) is 6.42 Å². The molecular formula is C24H23N3OS. The first kappa shape index (κ1) is 19.3. The number of aryl methyl sites for hydroxylation is 3. The van der Waals surface area contributed by atoms with Crippen LogP contribution >= 0.6 is 11.3 Å². The highest BCUT2D eigenvalue weighted by molar-refractivity contribution is 7.21. The first-order valence-electron chi connectivity index (χ1n) is 9.82. The number of rotatable bonds is 6. The van der Waals surface area contributed by atoms with Crippen LogP contribution in [-0.4, -0.2) is 15.9 Å². The lowest BCUT2D eigenvalue weighted by atomic mass is 10.1. The number of pyridine rings is 1. The summed E-state index contributed by atoms with van der Waals surface area (Å²) in [5.41, 5.74) is 6.26. The molecule has 0 aliphatic carbocycles. The van der Waals surface area contributed by atoms with E-state index in [9.17, 15) is 4.79 Å². The highest BCUT2D eigenvalue weighted by Crippen LogP contribution is 2.31. The number of aromatic nitrogens is 2. The summed E-state index contributed by atoms with van der Waals surface area (Å²) >= 11 is 1.56. The third kappa shape index (κ3) is 4.51. The van der Waals surface area contributed by atoms with Gasteiger partial charge in [-0.15, -0.1) is 0 Å². The lowest BCUT2D eigenvalue weighted by Crippen LogP contribution is -2.13. The zero-order valence-corrected chi connectivity index (χ0v) is 17.4. The first-order chi connectivity index (χ1) is 14.1. The van der Waals surface area contributed by atoms with Crippen molar-refractivity contribution in [3.8, 4) is 10.6 Å². The van der Waals surface area contributed by atoms with Gasteiger partial charge in [-0.05, 0) is 54.7 Å². The summed E-state index contributed by atoms with van der Waals surface area (Å²) in [5.74, 6) is 0.0239. The lowest BCUT2D eigenvalue weighted by molar-refractivity contribution is -0.116. The number of hydrogen-bond donors (Lipinski definition) is 1. The van der Waals surface area contributed by atoms with Gasteiger partial charge in [0.15, 0.2) is 0 Å². The third-order valence-corrected chi connectivity index (χ3v) is 6.03. The predicted octanol–water partition coefficient (Wildman–Crippen LogP) is 5.80. The molecule has 146 valence electrons. The second kappa shape index (κ2) is 8.53. The van der Waals surface area contributed by atoms with Crippen LogP contribution in [-0.2, 0) is 17.6 Å². The number of fused-ring (bicyclic) bond motifs is 1. The summed E-state index contributed by atoms with van der Waals surface area (Å²) in [5, 5.41) is 3.98. The molecule has 0 saturated carbocycles. The van der Waals surface area contributed by atoms with Crippen molar-refractivity contribution >= 4 is 33.3 Å². The number of carbonyl (C=O) groups is 1. The van der Waals surface area contributed by atoms with Crippen molar-refractivity contribution in [3.63, 3.8) is 0 Å². The number of nitrogens with one attached hydrogen (secondary N) is 1. The Morgan fingerprint density at radius 2 is 1.86 bits per heavy atom. The lowest BCUT2D eigenvalue weighted by Gasteiger charge is -2.10. The topological polar surface area (TPSA) is 54.9 Å². The Kier molecular flexibility index (Phi) is 5.67. The Balaban J connectivity index is 1.46. The number of nitrogens with zero attached hydrogens (tertiary/aromatic N) is 2. The van der Waals surface area contributed by atoms with Crippen molar-refractivity contribution in [1.29, 1.82) is 0 Å². The maximum atomic E-state index is 12.5. The SMILES string of the molecule is CCc1ccc(CCC(=O)Nc2cc(-c3nc4cccnc4s3)ccc2C)cc1. The molecule has 0 atom stereocenters. The minimum absolute atomic E-state index is 0.0239. The summed E-state index contributed by atoms with van der Waals surface area (Å²) < 4.78 is 0. The molecule has 4 nitrogen and oxygen atoms in total. The van der Waals surface area contributed by atoms with E-state index in [1.807, 2.05) is 37.3 Å². The van der Waals surface area contributed by atoms with E-state index in [0.717, 1.165) is 45.0 Å². The van der Waals surface area contributed by atoms with E-state index in [-0.39, 0.29) is 5.91 Å². The van der Waals surface area contributed by atoms with E-state index >= 15 is 0 Å². The number of hydrogen-bond acceptors (Lipinski definition) is 4. The number of carbonyl (C=O) groups excluding carboxylic acids is 1. The van der Waals surface area contributed by atoms with Crippen molar-refractivity contribution in [2.45, 2.75) is 33.1 Å². The molecule has 0 aliphatic rings. The largest absolute Gasteiger partial charge is 0.326 e. The zero-order chi connectivity index (χ0) is 20.2. The van der Waals surface area contributed by atoms with Gasteiger partial charge in [-0.3, -0.25) is 4.79 Å². The average Bonchev–Trinajstić information content (AvgIpc) is 3.18. The van der Waals surface area contributed by atoms with Gasteiger partial charge < -0.3 is 5.32 Å². The van der Waals surface area contributed by atoms with Gasteiger partial charge in [-0.25, -0.2) is 9.97 Å². The number of amides is 1. The van der Waals surface area contributed by atoms with E-state index < -0.39 is 0 Å². The molecule has 4 rings (SSSR count). The fraction of sp³-hybridized carbons (Fsp3) is 0.208. The van der Waals surface area contributed by atoms with Gasteiger partial charge in [0.1, 0.15) is 15.4 Å². The highest BCUT2D eigenvalue weighted by atomic mass is 32.1. The monoisotopic (exact) mass is 401 g/mol. The van der Waals surface area contributed by atoms with Crippen molar-refractivity contribution in [3.05, 3.63) is 77.5 Å². The summed E-state index contributed by atoms with van der Waals surface area (Å²) in [4.78, 5) is 22.5. The van der Waals surface area contributed by atoms with Crippen LogP contribution in [0.25, 0.3) is 20.9 Å². The maximum Gasteiger partial charge on any atom is 0.224 e. The van der Waals surface area contributed by atoms with Gasteiger partial charge in [0.25, 0.3) is 0 Å². The van der Waals surface area contributed by atoms with E-state index in [2.05, 4.69) is 46.5 Å². The van der Waals surface area contributed by atoms with Crippen LogP contribution in [0.5, 0.6) is 0 Å². The molecular weight excluding hydrogens is 378 g/mol. The molecule has 1 amide bonds. The van der Waals surface area contributed by atoms with Crippen LogP contribution in [0.4, 0.5) is 5.69 Å². The minimum atomic E-state index is 0.0239. The van der Waals surface area contributed by atoms with Crippen LogP contribution in [0, 0.1) is 6.92 Å². The molecule has 0 bridgehead atoms. The molecule has 0 saturated heterocycles. The van der Waals surface area contributed by atoms with Crippen molar-refractivity contribution < 1.29 is 4.79 Å². The highest BCUT2D eigenvalue weighted by Gasteiger charge is 2.11. The molecule has 2 aromatic carbocycles. The Morgan fingerprint density at radius 3 is 2.62 bits per heavy atom. The zero-order valence-electron chi connectivity index (χ0n) is 16.6. The Morgan fingerprint density at radius 1 is 1.07 bits per heavy atom. The van der Waals surface area contributed by atoms with Crippen molar-refractivity contribution in [2.24, 2.45) is 0 Å². The Labute approximate surface area is 174 Å². The van der Waals surface area contributed by atoms with E-state index in [1.54, 1.807) is 17.5 Å². The van der Waals surface area contributed by atoms with Crippen LogP contribution in [0.1, 0.15) is 30.0 Å². The van der Waals surface area contributed by atoms with Gasteiger partial charge >= 0.3 is 0 Å². The maximum absolute atomic E-state index is 12.5. The summed E-state index contributed by atoms with van der Waals surface area (Å²) in [6, 6.07) is 18.4. The molecule has 0 aliphatic heterocycles. The summed E-state index contributed by atoms with van der Waals surface area (Å²) in [6.45, 7) is 4.15. The van der Waals surface area contributed by atoms with Gasteiger partial charge in [0, 0.05) is 23.9 Å². The molecule has 1 N–H and O–H groups in total. The second-order valence-electron chi connectivity index (χ2n) is 7.09. The molecule has 29 heavy (non-hydrogen) atoms. The fourth-order valence-corrected chi connectivity index (χ4v) is 4.10. The van der Waals surface area contributed by atoms with Gasteiger partial charge in [-0.2, -0.15) is 0 Å². The molecule has 0 spiro atoms. The van der Waals surface area contributed by atoms with Crippen LogP contribution in [0.3, 0.4) is 0 Å². The standard InChI is InChI=1S/C24H23N3OS/c1-3-17-7-9-18(10-8-17)11-13-22(28)26-21-15-19(12-6-16(21)2)23-27-20-5-4-14-25-24(20)29-23/h4-10,12,14-15H,3,11,13H2,1-2H3,(H,26,28). The Hall–Kier alpha value is -3.05. The number of thiazole rings is 1. The van der Waals surface area contributed by atoms with Crippen LogP contribution < -0.4 is 5.32 Å². The number of benzene rings is 2. The third-order valence-electron chi connectivity index (χ3n) is 5.00. The Bertz CT molecular complexity index is 1120. The molecule has 0 unspecified atom stereocenters. The van der Waals surface area contributed by atoms with E-state index in [1.165, 1.54) is 11.1 Å². The predicted molar refractivity (Wildman–Crippen MR) is 120 cm³/mol. The smallest absolute Gasteiger partial charge is 0.224 e. The van der Waals surface area contributed by atoms with Crippen molar-refractivity contribution in [2.75, 3.05) is 5.32 Å².